The van der Waals surface area contributed by atoms with Crippen molar-refractivity contribution in [2.45, 2.75) is 17.4 Å². The minimum absolute atomic E-state index is 0.0189. The van der Waals surface area contributed by atoms with Gasteiger partial charge in [0.15, 0.2) is 0 Å². The van der Waals surface area contributed by atoms with Gasteiger partial charge < -0.3 is 5.11 Å². The number of nitrogens with zero attached hydrogens (tertiary/aromatic N) is 1. The zero-order valence-electron chi connectivity index (χ0n) is 18.7. The number of aliphatic hydroxyl groups is 1. The fraction of sp³-hybridized carbons (Fsp3) is 0.100. The first-order valence-corrected chi connectivity index (χ1v) is 11.4. The summed E-state index contributed by atoms with van der Waals surface area (Å²) in [6.45, 7) is 0. The first-order chi connectivity index (χ1) is 17.0. The molecule has 1 unspecified atom stereocenters. The lowest BCUT2D eigenvalue weighted by Gasteiger charge is -2.39. The fourth-order valence-corrected chi connectivity index (χ4v) is 5.59. The maximum Gasteiger partial charge on any atom is 0.246 e. The van der Waals surface area contributed by atoms with Crippen molar-refractivity contribution in [2.75, 3.05) is 4.90 Å². The number of amides is 1. The van der Waals surface area contributed by atoms with Crippen molar-refractivity contribution in [1.82, 2.24) is 0 Å². The first-order valence-electron chi connectivity index (χ1n) is 11.4. The number of fused-ring (bicyclic) bond motifs is 2. The maximum atomic E-state index is 14.6. The summed E-state index contributed by atoms with van der Waals surface area (Å²) < 4.78 is 0. The second-order valence-corrected chi connectivity index (χ2v) is 8.98. The molecule has 1 aliphatic carbocycles. The smallest absolute Gasteiger partial charge is 0.246 e. The molecule has 35 heavy (non-hydrogen) atoms. The Morgan fingerprint density at radius 3 is 1.77 bits per heavy atom. The number of rotatable bonds is 4. The van der Waals surface area contributed by atoms with Crippen molar-refractivity contribution in [1.29, 1.82) is 0 Å². The van der Waals surface area contributed by atoms with Crippen LogP contribution in [0.3, 0.4) is 0 Å². The molecule has 0 fully saturated rings. The Hall–Kier alpha value is -4.35. The predicted molar refractivity (Wildman–Crippen MR) is 132 cm³/mol. The summed E-state index contributed by atoms with van der Waals surface area (Å²) in [6, 6.07) is 31.7. The Kier molecular flexibility index (Phi) is 4.59. The molecule has 0 aromatic heterocycles. The summed E-state index contributed by atoms with van der Waals surface area (Å²) in [5.41, 5.74) is -1.85. The third kappa shape index (κ3) is 2.70. The highest BCUT2D eigenvalue weighted by atomic mass is 16.3. The summed E-state index contributed by atoms with van der Waals surface area (Å²) in [5.74, 6) is -2.00. The van der Waals surface area contributed by atoms with E-state index in [1.807, 2.05) is 48.5 Å². The summed E-state index contributed by atoms with van der Waals surface area (Å²) in [4.78, 5) is 43.8. The number of Topliss-reactive ketones (excluding diaryl/α,β-unsaturated/α-hetero) is 2. The lowest BCUT2D eigenvalue weighted by molar-refractivity contribution is -0.128. The Morgan fingerprint density at radius 1 is 0.629 bits per heavy atom. The van der Waals surface area contributed by atoms with Gasteiger partial charge >= 0.3 is 0 Å². The number of para-hydroxylation sites is 2. The number of ketones is 2. The fourth-order valence-electron chi connectivity index (χ4n) is 5.59. The summed E-state index contributed by atoms with van der Waals surface area (Å²) in [6.07, 6.45) is -0.0189. The van der Waals surface area contributed by atoms with E-state index in [-0.39, 0.29) is 17.5 Å². The van der Waals surface area contributed by atoms with E-state index in [1.165, 1.54) is 17.0 Å². The second-order valence-electron chi connectivity index (χ2n) is 8.98. The summed E-state index contributed by atoms with van der Waals surface area (Å²) >= 11 is 0. The van der Waals surface area contributed by atoms with Crippen LogP contribution in [-0.4, -0.2) is 28.2 Å². The van der Waals surface area contributed by atoms with Crippen LogP contribution in [0, 0.1) is 0 Å². The second kappa shape index (κ2) is 7.58. The molecule has 0 saturated carbocycles. The van der Waals surface area contributed by atoms with Gasteiger partial charge in [0.05, 0.1) is 5.69 Å². The van der Waals surface area contributed by atoms with Crippen LogP contribution in [0.15, 0.2) is 109 Å². The average molecular weight is 460 g/mol. The van der Waals surface area contributed by atoms with E-state index in [1.54, 1.807) is 48.5 Å². The molecule has 0 saturated heterocycles. The molecule has 5 heteroatoms. The number of anilines is 2. The van der Waals surface area contributed by atoms with Crippen LogP contribution >= 0.6 is 0 Å². The SMILES string of the molecule is O=C1c2ccccc2C(=O)C1(O)C1(Cc2ccccc2)C(=O)N(c2ccccc2)c2ccccc21. The molecular weight excluding hydrogens is 438 g/mol. The monoisotopic (exact) mass is 459 g/mol. The zero-order chi connectivity index (χ0) is 24.2. The minimum Gasteiger partial charge on any atom is -0.373 e. The van der Waals surface area contributed by atoms with Gasteiger partial charge in [-0.2, -0.15) is 0 Å². The van der Waals surface area contributed by atoms with Crippen LogP contribution < -0.4 is 4.90 Å². The molecule has 0 radical (unpaired) electrons. The number of benzene rings is 4. The molecule has 170 valence electrons. The Bertz CT molecular complexity index is 1460. The average Bonchev–Trinajstić information content (AvgIpc) is 3.27. The van der Waals surface area contributed by atoms with Gasteiger partial charge in [-0.3, -0.25) is 19.3 Å². The number of hydrogen-bond donors (Lipinski definition) is 1. The summed E-state index contributed by atoms with van der Waals surface area (Å²) in [7, 11) is 0. The number of carbonyl (C=O) groups is 3. The molecular formula is C30H21NO4. The van der Waals surface area contributed by atoms with Crippen molar-refractivity contribution < 1.29 is 19.5 Å². The van der Waals surface area contributed by atoms with Crippen molar-refractivity contribution in [3.63, 3.8) is 0 Å². The highest BCUT2D eigenvalue weighted by Crippen LogP contribution is 2.55. The van der Waals surface area contributed by atoms with Crippen molar-refractivity contribution in [3.05, 3.63) is 131 Å². The van der Waals surface area contributed by atoms with E-state index in [4.69, 9.17) is 0 Å². The maximum absolute atomic E-state index is 14.6. The van der Waals surface area contributed by atoms with Gasteiger partial charge in [0.1, 0.15) is 5.41 Å². The van der Waals surface area contributed by atoms with E-state index in [2.05, 4.69) is 0 Å². The van der Waals surface area contributed by atoms with Crippen molar-refractivity contribution in [2.24, 2.45) is 0 Å². The van der Waals surface area contributed by atoms with Crippen LogP contribution in [0.5, 0.6) is 0 Å². The van der Waals surface area contributed by atoms with E-state index in [9.17, 15) is 19.5 Å². The molecule has 1 amide bonds. The van der Waals surface area contributed by atoms with Gasteiger partial charge in [-0.1, -0.05) is 91.0 Å². The molecule has 0 bridgehead atoms. The molecule has 1 atom stereocenters. The molecule has 6 rings (SSSR count). The van der Waals surface area contributed by atoms with E-state index in [0.29, 0.717) is 16.9 Å². The summed E-state index contributed by atoms with van der Waals surface area (Å²) in [5, 5.41) is 12.3. The number of hydrogen-bond acceptors (Lipinski definition) is 4. The quantitative estimate of drug-likeness (QED) is 0.451. The molecule has 5 nitrogen and oxygen atoms in total. The Balaban J connectivity index is 1.67. The molecule has 4 aromatic carbocycles. The molecule has 0 spiro atoms. The number of carbonyl (C=O) groups excluding carboxylic acids is 3. The van der Waals surface area contributed by atoms with Crippen LogP contribution in [0.1, 0.15) is 31.8 Å². The standard InChI is InChI=1S/C30H21NO4/c32-26-22-15-7-8-16-23(22)27(33)30(26,35)29(19-20-11-3-1-4-12-20)24-17-9-10-18-25(24)31(28(29)34)21-13-5-2-6-14-21/h1-18,35H,19H2. The highest BCUT2D eigenvalue weighted by molar-refractivity contribution is 6.36. The van der Waals surface area contributed by atoms with E-state index >= 15 is 0 Å². The third-order valence-electron chi connectivity index (χ3n) is 7.19. The van der Waals surface area contributed by atoms with Crippen LogP contribution in [-0.2, 0) is 16.6 Å². The minimum atomic E-state index is -2.59. The van der Waals surface area contributed by atoms with Gasteiger partial charge in [0.2, 0.25) is 23.1 Å². The van der Waals surface area contributed by atoms with Gasteiger partial charge in [0, 0.05) is 16.8 Å². The first kappa shape index (κ1) is 21.2. The molecule has 1 aliphatic heterocycles. The van der Waals surface area contributed by atoms with E-state index in [0.717, 1.165) is 5.56 Å². The van der Waals surface area contributed by atoms with E-state index < -0.39 is 28.5 Å². The highest BCUT2D eigenvalue weighted by Gasteiger charge is 2.72. The third-order valence-corrected chi connectivity index (χ3v) is 7.19. The lowest BCUT2D eigenvalue weighted by atomic mass is 9.62. The molecule has 4 aromatic rings. The van der Waals surface area contributed by atoms with Gasteiger partial charge in [-0.15, -0.1) is 0 Å². The predicted octanol–water partition coefficient (Wildman–Crippen LogP) is 4.66. The van der Waals surface area contributed by atoms with Gasteiger partial charge in [-0.05, 0) is 35.7 Å². The van der Waals surface area contributed by atoms with Gasteiger partial charge in [-0.25, -0.2) is 0 Å². The van der Waals surface area contributed by atoms with Crippen LogP contribution in [0.4, 0.5) is 11.4 Å². The van der Waals surface area contributed by atoms with Crippen molar-refractivity contribution >= 4 is 28.8 Å². The van der Waals surface area contributed by atoms with Gasteiger partial charge in [0.25, 0.3) is 0 Å². The molecule has 1 heterocycles. The molecule has 2 aliphatic rings. The molecule has 1 N–H and O–H groups in total. The topological polar surface area (TPSA) is 74.7 Å². The van der Waals surface area contributed by atoms with Crippen LogP contribution in [0.25, 0.3) is 0 Å². The normalized spacial score (nSPS) is 20.1. The Morgan fingerprint density at radius 2 is 1.14 bits per heavy atom. The zero-order valence-corrected chi connectivity index (χ0v) is 18.7. The Labute approximate surface area is 202 Å². The lowest BCUT2D eigenvalue weighted by Crippen LogP contribution is -2.64. The largest absolute Gasteiger partial charge is 0.373 e. The van der Waals surface area contributed by atoms with Crippen LogP contribution in [0.2, 0.25) is 0 Å². The van der Waals surface area contributed by atoms with Crippen molar-refractivity contribution in [3.8, 4) is 0 Å².